The van der Waals surface area contributed by atoms with Crippen LogP contribution in [0.15, 0.2) is 23.6 Å². The van der Waals surface area contributed by atoms with Gasteiger partial charge < -0.3 is 10.2 Å². The monoisotopic (exact) mass is 350 g/mol. The fraction of sp³-hybridized carbons (Fsp3) is 0.267. The van der Waals surface area contributed by atoms with Crippen LogP contribution in [-0.2, 0) is 13.1 Å². The molecule has 0 unspecified atom stereocenters. The summed E-state index contributed by atoms with van der Waals surface area (Å²) in [5, 5.41) is 5.97. The van der Waals surface area contributed by atoms with Gasteiger partial charge in [0.2, 0.25) is 0 Å². The minimum Gasteiger partial charge on any atom is -0.343 e. The van der Waals surface area contributed by atoms with Gasteiger partial charge in [-0.3, -0.25) is 4.79 Å². The fourth-order valence-corrected chi connectivity index (χ4v) is 3.64. The second-order valence-electron chi connectivity index (χ2n) is 5.28. The Morgan fingerprint density at radius 1 is 1.35 bits per heavy atom. The highest BCUT2D eigenvalue weighted by atomic mass is 32.1. The third-order valence-corrected chi connectivity index (χ3v) is 4.95. The molecular weight excluding hydrogens is 335 g/mol. The quantitative estimate of drug-likeness (QED) is 0.769. The lowest BCUT2D eigenvalue weighted by Gasteiger charge is -2.05. The molecule has 2 aromatic heterocycles. The van der Waals surface area contributed by atoms with Crippen molar-refractivity contribution in [2.45, 2.75) is 13.1 Å². The highest BCUT2D eigenvalue weighted by molar-refractivity contribution is 7.20. The van der Waals surface area contributed by atoms with Gasteiger partial charge in [-0.25, -0.2) is 14.4 Å². The summed E-state index contributed by atoms with van der Waals surface area (Å²) in [4.78, 5) is 22.8. The summed E-state index contributed by atoms with van der Waals surface area (Å²) in [5.74, 6) is -0.623. The predicted molar refractivity (Wildman–Crippen MR) is 90.3 cm³/mol. The Labute approximate surface area is 140 Å². The van der Waals surface area contributed by atoms with Crippen molar-refractivity contribution < 1.29 is 9.18 Å². The van der Waals surface area contributed by atoms with Crippen LogP contribution in [-0.4, -0.2) is 34.9 Å². The average Bonchev–Trinajstić information content (AvgIpc) is 3.10. The Hall–Kier alpha value is -1.90. The fourth-order valence-electron chi connectivity index (χ4n) is 2.06. The topological polar surface area (TPSA) is 58.1 Å². The lowest BCUT2D eigenvalue weighted by atomic mass is 10.3. The Kier molecular flexibility index (Phi) is 4.65. The lowest BCUT2D eigenvalue weighted by molar-refractivity contribution is 0.0950. The van der Waals surface area contributed by atoms with Crippen molar-refractivity contribution >= 4 is 38.8 Å². The van der Waals surface area contributed by atoms with Crippen molar-refractivity contribution in [3.8, 4) is 0 Å². The summed E-state index contributed by atoms with van der Waals surface area (Å²) < 4.78 is 14.0. The van der Waals surface area contributed by atoms with Gasteiger partial charge in [-0.2, -0.15) is 0 Å². The number of rotatable bonds is 5. The molecule has 0 fully saturated rings. The summed E-state index contributed by atoms with van der Waals surface area (Å²) in [7, 11) is 3.97. The zero-order valence-corrected chi connectivity index (χ0v) is 14.3. The summed E-state index contributed by atoms with van der Waals surface area (Å²) >= 11 is 2.77. The summed E-state index contributed by atoms with van der Waals surface area (Å²) in [5.41, 5.74) is 1.49. The number of thiazole rings is 2. The van der Waals surface area contributed by atoms with Crippen LogP contribution in [0.25, 0.3) is 10.2 Å². The van der Waals surface area contributed by atoms with Crippen LogP contribution in [0.1, 0.15) is 20.5 Å². The van der Waals surface area contributed by atoms with E-state index in [1.165, 1.54) is 34.8 Å². The molecule has 5 nitrogen and oxygen atoms in total. The first kappa shape index (κ1) is 16.0. The van der Waals surface area contributed by atoms with Crippen molar-refractivity contribution in [1.82, 2.24) is 20.2 Å². The van der Waals surface area contributed by atoms with Gasteiger partial charge in [-0.15, -0.1) is 22.7 Å². The van der Waals surface area contributed by atoms with Gasteiger partial charge in [-0.1, -0.05) is 0 Å². The minimum absolute atomic E-state index is 0.268. The first-order valence-corrected chi connectivity index (χ1v) is 8.63. The number of nitrogens with zero attached hydrogens (tertiary/aromatic N) is 3. The molecule has 120 valence electrons. The second-order valence-corrected chi connectivity index (χ2v) is 7.26. The number of benzene rings is 1. The van der Waals surface area contributed by atoms with Crippen molar-refractivity contribution in [2.24, 2.45) is 0 Å². The van der Waals surface area contributed by atoms with Crippen LogP contribution >= 0.6 is 22.7 Å². The Morgan fingerprint density at radius 3 is 2.96 bits per heavy atom. The number of nitrogens with one attached hydrogen (secondary N) is 1. The number of carbonyl (C=O) groups excluding carboxylic acids is 1. The van der Waals surface area contributed by atoms with Gasteiger partial charge in [0, 0.05) is 18.0 Å². The Balaban J connectivity index is 1.65. The molecule has 1 aromatic carbocycles. The third-order valence-electron chi connectivity index (χ3n) is 3.02. The standard InChI is InChI=1S/C15H15FN4OS2/c1-20(2)7-10-8-22-13(18-10)6-17-14(21)15-19-11-5-9(16)3-4-12(11)23-15/h3-5,8H,6-7H2,1-2H3,(H,17,21). The van der Waals surface area contributed by atoms with Gasteiger partial charge in [0.05, 0.1) is 22.5 Å². The van der Waals surface area contributed by atoms with Gasteiger partial charge in [0.1, 0.15) is 10.8 Å². The Bertz CT molecular complexity index is 843. The number of carbonyl (C=O) groups is 1. The molecule has 0 saturated heterocycles. The molecule has 3 aromatic rings. The van der Waals surface area contributed by atoms with Crippen LogP contribution in [0.3, 0.4) is 0 Å². The molecule has 2 heterocycles. The zero-order chi connectivity index (χ0) is 16.4. The number of hydrogen-bond donors (Lipinski definition) is 1. The number of hydrogen-bond acceptors (Lipinski definition) is 6. The van der Waals surface area contributed by atoms with E-state index in [0.717, 1.165) is 21.9 Å². The highest BCUT2D eigenvalue weighted by Gasteiger charge is 2.13. The molecular formula is C15H15FN4OS2. The van der Waals surface area contributed by atoms with Crippen LogP contribution < -0.4 is 5.32 Å². The van der Waals surface area contributed by atoms with Crippen molar-refractivity contribution in [2.75, 3.05) is 14.1 Å². The molecule has 0 radical (unpaired) electrons. The molecule has 0 aliphatic rings. The second kappa shape index (κ2) is 6.69. The molecule has 0 bridgehead atoms. The van der Waals surface area contributed by atoms with E-state index < -0.39 is 0 Å². The number of amides is 1. The average molecular weight is 350 g/mol. The van der Waals surface area contributed by atoms with Crippen LogP contribution in [0.4, 0.5) is 4.39 Å². The van der Waals surface area contributed by atoms with E-state index >= 15 is 0 Å². The van der Waals surface area contributed by atoms with Crippen molar-refractivity contribution in [3.63, 3.8) is 0 Å². The Morgan fingerprint density at radius 2 is 2.17 bits per heavy atom. The number of halogens is 1. The van der Waals surface area contributed by atoms with E-state index in [2.05, 4.69) is 15.3 Å². The summed E-state index contributed by atoms with van der Waals surface area (Å²) in [6.45, 7) is 1.13. The van der Waals surface area contributed by atoms with Gasteiger partial charge in [0.25, 0.3) is 5.91 Å². The third kappa shape index (κ3) is 3.90. The van der Waals surface area contributed by atoms with E-state index in [1.807, 2.05) is 24.4 Å². The van der Waals surface area contributed by atoms with E-state index in [-0.39, 0.29) is 11.7 Å². The first-order chi connectivity index (χ1) is 11.0. The van der Waals surface area contributed by atoms with Gasteiger partial charge in [-0.05, 0) is 26.2 Å². The normalized spacial score (nSPS) is 11.3. The molecule has 0 aliphatic heterocycles. The summed E-state index contributed by atoms with van der Waals surface area (Å²) in [6.07, 6.45) is 0. The van der Waals surface area contributed by atoms with Crippen LogP contribution in [0.5, 0.6) is 0 Å². The molecule has 8 heteroatoms. The van der Waals surface area contributed by atoms with Crippen LogP contribution in [0.2, 0.25) is 0 Å². The maximum atomic E-state index is 13.2. The van der Waals surface area contributed by atoms with E-state index in [9.17, 15) is 9.18 Å². The number of fused-ring (bicyclic) bond motifs is 1. The van der Waals surface area contributed by atoms with E-state index in [1.54, 1.807) is 6.07 Å². The molecule has 0 saturated carbocycles. The maximum absolute atomic E-state index is 13.2. The number of aromatic nitrogens is 2. The molecule has 1 amide bonds. The largest absolute Gasteiger partial charge is 0.343 e. The van der Waals surface area contributed by atoms with E-state index in [4.69, 9.17) is 0 Å². The summed E-state index contributed by atoms with van der Waals surface area (Å²) in [6, 6.07) is 4.33. The first-order valence-electron chi connectivity index (χ1n) is 6.93. The van der Waals surface area contributed by atoms with Crippen molar-refractivity contribution in [1.29, 1.82) is 0 Å². The maximum Gasteiger partial charge on any atom is 0.280 e. The lowest BCUT2D eigenvalue weighted by Crippen LogP contribution is -2.22. The SMILES string of the molecule is CN(C)Cc1csc(CNC(=O)c2nc3cc(F)ccc3s2)n1. The molecule has 23 heavy (non-hydrogen) atoms. The molecule has 0 atom stereocenters. The highest BCUT2D eigenvalue weighted by Crippen LogP contribution is 2.22. The van der Waals surface area contributed by atoms with Gasteiger partial charge in [0.15, 0.2) is 5.01 Å². The smallest absolute Gasteiger partial charge is 0.280 e. The molecule has 1 N–H and O–H groups in total. The minimum atomic E-state index is -0.356. The predicted octanol–water partition coefficient (Wildman–Crippen LogP) is 2.88. The van der Waals surface area contributed by atoms with Crippen LogP contribution in [0, 0.1) is 5.82 Å². The molecule has 3 rings (SSSR count). The van der Waals surface area contributed by atoms with Crippen molar-refractivity contribution in [3.05, 3.63) is 45.1 Å². The van der Waals surface area contributed by atoms with Gasteiger partial charge >= 0.3 is 0 Å². The molecule has 0 aliphatic carbocycles. The molecule has 0 spiro atoms. The van der Waals surface area contributed by atoms with E-state index in [0.29, 0.717) is 17.1 Å². The zero-order valence-electron chi connectivity index (χ0n) is 12.7.